The minimum atomic E-state index is -1.12. The molecule has 4 N–H and O–H groups in total. The number of hydrogen-bond donors (Lipinski definition) is 3. The zero-order chi connectivity index (χ0) is 19.0. The molecule has 1 aromatic rings. The highest BCUT2D eigenvalue weighted by Gasteiger charge is 2.21. The van der Waals surface area contributed by atoms with Gasteiger partial charge < -0.3 is 16.2 Å². The average Bonchev–Trinajstić information content (AvgIpc) is 2.55. The summed E-state index contributed by atoms with van der Waals surface area (Å²) in [4.78, 5) is 44.7. The number of thioether (sulfide) groups is 1. The Balaban J connectivity index is 2.76. The molecule has 136 valence electrons. The summed E-state index contributed by atoms with van der Waals surface area (Å²) in [6.45, 7) is 1.91. The van der Waals surface area contributed by atoms with E-state index in [1.54, 1.807) is 0 Å². The Hall–Kier alpha value is -2.62. The monoisotopic (exact) mass is 369 g/mol. The van der Waals surface area contributed by atoms with Crippen molar-refractivity contribution in [3.05, 3.63) is 33.9 Å². The molecule has 0 saturated carbocycles. The zero-order valence-corrected chi connectivity index (χ0v) is 14.4. The van der Waals surface area contributed by atoms with Gasteiger partial charge in [-0.25, -0.2) is 4.79 Å². The number of carboxylic acid groups (broad SMARTS) is 1. The van der Waals surface area contributed by atoms with Crippen LogP contribution in [-0.2, 0) is 9.59 Å². The lowest BCUT2D eigenvalue weighted by Gasteiger charge is -2.13. The van der Waals surface area contributed by atoms with E-state index in [1.165, 1.54) is 12.1 Å². The Morgan fingerprint density at radius 1 is 1.40 bits per heavy atom. The van der Waals surface area contributed by atoms with Crippen molar-refractivity contribution in [1.82, 2.24) is 5.32 Å². The number of nitrogens with one attached hydrogen (secondary N) is 1. The van der Waals surface area contributed by atoms with Gasteiger partial charge in [-0.3, -0.25) is 19.7 Å². The van der Waals surface area contributed by atoms with Gasteiger partial charge in [0.05, 0.1) is 15.6 Å². The molecule has 0 aromatic heterocycles. The minimum absolute atomic E-state index is 0.00833. The highest BCUT2D eigenvalue weighted by Crippen LogP contribution is 2.30. The molecule has 0 fully saturated rings. The highest BCUT2D eigenvalue weighted by atomic mass is 32.2. The third-order valence-electron chi connectivity index (χ3n) is 3.28. The van der Waals surface area contributed by atoms with Gasteiger partial charge in [0.15, 0.2) is 0 Å². The first-order valence-corrected chi connectivity index (χ1v) is 8.48. The highest BCUT2D eigenvalue weighted by molar-refractivity contribution is 8.00. The molecule has 1 aromatic carbocycles. The third kappa shape index (κ3) is 6.42. The Kier molecular flexibility index (Phi) is 7.86. The summed E-state index contributed by atoms with van der Waals surface area (Å²) in [5.41, 5.74) is 4.74. The lowest BCUT2D eigenvalue weighted by molar-refractivity contribution is -0.387. The predicted octanol–water partition coefficient (Wildman–Crippen LogP) is 1.55. The molecule has 0 radical (unpaired) electrons. The van der Waals surface area contributed by atoms with Gasteiger partial charge in [-0.2, -0.15) is 0 Å². The van der Waals surface area contributed by atoms with Gasteiger partial charge in [0.2, 0.25) is 11.8 Å². The summed E-state index contributed by atoms with van der Waals surface area (Å²) in [5, 5.41) is 22.6. The molecule has 0 bridgehead atoms. The molecule has 9 nitrogen and oxygen atoms in total. The number of nitro groups is 1. The summed E-state index contributed by atoms with van der Waals surface area (Å²) in [6.07, 6.45) is 1.77. The summed E-state index contributed by atoms with van der Waals surface area (Å²) in [6, 6.07) is 2.73. The van der Waals surface area contributed by atoms with Crippen LogP contribution in [0.2, 0.25) is 0 Å². The van der Waals surface area contributed by atoms with Gasteiger partial charge in [-0.05, 0) is 18.6 Å². The van der Waals surface area contributed by atoms with Crippen molar-refractivity contribution in [3.63, 3.8) is 0 Å². The zero-order valence-electron chi connectivity index (χ0n) is 13.6. The topological polar surface area (TPSA) is 153 Å². The van der Waals surface area contributed by atoms with Gasteiger partial charge in [-0.15, -0.1) is 11.8 Å². The maximum absolute atomic E-state index is 11.9. The first kappa shape index (κ1) is 20.4. The van der Waals surface area contributed by atoms with E-state index in [1.807, 2.05) is 6.92 Å². The molecule has 0 unspecified atom stereocenters. The van der Waals surface area contributed by atoms with Crippen LogP contribution in [0.1, 0.15) is 36.5 Å². The number of benzene rings is 1. The van der Waals surface area contributed by atoms with Crippen LogP contribution in [0.5, 0.6) is 0 Å². The number of carbonyl (C=O) groups excluding carboxylic acids is 2. The fourth-order valence-corrected chi connectivity index (χ4v) is 2.80. The molecule has 0 spiro atoms. The predicted molar refractivity (Wildman–Crippen MR) is 91.4 cm³/mol. The van der Waals surface area contributed by atoms with Crippen molar-refractivity contribution in [3.8, 4) is 0 Å². The van der Waals surface area contributed by atoms with E-state index < -0.39 is 28.7 Å². The van der Waals surface area contributed by atoms with Crippen LogP contribution in [0.15, 0.2) is 23.1 Å². The fraction of sp³-hybridized carbons (Fsp3) is 0.400. The van der Waals surface area contributed by atoms with Crippen molar-refractivity contribution < 1.29 is 24.4 Å². The number of rotatable bonds is 10. The van der Waals surface area contributed by atoms with E-state index in [2.05, 4.69) is 5.32 Å². The summed E-state index contributed by atoms with van der Waals surface area (Å²) < 4.78 is 0. The number of primary amides is 1. The second-order valence-electron chi connectivity index (χ2n) is 5.19. The maximum Gasteiger partial charge on any atom is 0.326 e. The average molecular weight is 369 g/mol. The van der Waals surface area contributed by atoms with Crippen LogP contribution >= 0.6 is 11.8 Å². The van der Waals surface area contributed by atoms with E-state index in [-0.39, 0.29) is 21.9 Å². The Bertz CT molecular complexity index is 679. The number of nitro benzene ring substituents is 1. The molecular formula is C15H19N3O6S. The van der Waals surface area contributed by atoms with Gasteiger partial charge >= 0.3 is 5.97 Å². The summed E-state index contributed by atoms with van der Waals surface area (Å²) in [7, 11) is 0. The number of aliphatic carboxylic acids is 1. The lowest BCUT2D eigenvalue weighted by Crippen LogP contribution is -2.41. The fourth-order valence-electron chi connectivity index (χ4n) is 1.98. The third-order valence-corrected chi connectivity index (χ3v) is 4.34. The number of carbonyl (C=O) groups is 3. The van der Waals surface area contributed by atoms with Crippen LogP contribution in [0, 0.1) is 10.1 Å². The van der Waals surface area contributed by atoms with Crippen LogP contribution in [-0.4, -0.2) is 39.6 Å². The Morgan fingerprint density at radius 2 is 2.08 bits per heavy atom. The quantitative estimate of drug-likeness (QED) is 0.321. The van der Waals surface area contributed by atoms with E-state index in [0.29, 0.717) is 12.8 Å². The molecule has 0 saturated heterocycles. The molecular weight excluding hydrogens is 350 g/mol. The lowest BCUT2D eigenvalue weighted by atomic mass is 10.1. The molecule has 2 amide bonds. The van der Waals surface area contributed by atoms with Crippen molar-refractivity contribution in [2.75, 3.05) is 5.75 Å². The van der Waals surface area contributed by atoms with E-state index >= 15 is 0 Å². The molecule has 0 aliphatic rings. The second kappa shape index (κ2) is 9.62. The number of amides is 2. The van der Waals surface area contributed by atoms with E-state index in [9.17, 15) is 24.5 Å². The number of hydrogen-bond acceptors (Lipinski definition) is 6. The summed E-state index contributed by atoms with van der Waals surface area (Å²) >= 11 is 0.883. The Labute approximate surface area is 148 Å². The van der Waals surface area contributed by atoms with Gasteiger partial charge in [0, 0.05) is 11.6 Å². The molecule has 0 heterocycles. The number of carboxylic acids is 1. The van der Waals surface area contributed by atoms with Crippen molar-refractivity contribution in [1.29, 1.82) is 0 Å². The van der Waals surface area contributed by atoms with E-state index in [0.717, 1.165) is 24.2 Å². The molecule has 10 heteroatoms. The largest absolute Gasteiger partial charge is 0.480 e. The van der Waals surface area contributed by atoms with Crippen LogP contribution in [0.4, 0.5) is 5.69 Å². The smallest absolute Gasteiger partial charge is 0.326 e. The summed E-state index contributed by atoms with van der Waals surface area (Å²) in [5.74, 6) is -2.64. The van der Waals surface area contributed by atoms with Crippen LogP contribution in [0.3, 0.4) is 0 Å². The number of nitrogens with zero attached hydrogens (tertiary/aromatic N) is 1. The number of unbranched alkanes of at least 4 members (excludes halogenated alkanes) is 1. The molecule has 1 rings (SSSR count). The minimum Gasteiger partial charge on any atom is -0.480 e. The first-order chi connectivity index (χ1) is 11.8. The van der Waals surface area contributed by atoms with Gasteiger partial charge in [0.1, 0.15) is 6.04 Å². The normalized spacial score (nSPS) is 11.6. The van der Waals surface area contributed by atoms with E-state index in [4.69, 9.17) is 10.8 Å². The van der Waals surface area contributed by atoms with Crippen LogP contribution < -0.4 is 11.1 Å². The standard InChI is InChI=1S/C15H19N3O6S/c1-2-3-4-10(15(21)22)17-13(19)8-25-12-6-5-9(14(16)20)7-11(12)18(23)24/h5-7,10H,2-4,8H2,1H3,(H2,16,20)(H,17,19)(H,21,22)/t10-/m0/s1. The SMILES string of the molecule is CCCC[C@H](NC(=O)CSc1ccc(C(N)=O)cc1[N+](=O)[O-])C(=O)O. The molecule has 0 aliphatic carbocycles. The molecule has 25 heavy (non-hydrogen) atoms. The van der Waals surface area contributed by atoms with Crippen molar-refractivity contribution >= 4 is 35.2 Å². The maximum atomic E-state index is 11.9. The second-order valence-corrected chi connectivity index (χ2v) is 6.21. The van der Waals surface area contributed by atoms with Gasteiger partial charge in [-0.1, -0.05) is 19.8 Å². The molecule has 1 atom stereocenters. The van der Waals surface area contributed by atoms with Crippen molar-refractivity contribution in [2.24, 2.45) is 5.73 Å². The van der Waals surface area contributed by atoms with Crippen molar-refractivity contribution in [2.45, 2.75) is 37.1 Å². The van der Waals surface area contributed by atoms with Crippen LogP contribution in [0.25, 0.3) is 0 Å². The first-order valence-electron chi connectivity index (χ1n) is 7.49. The van der Waals surface area contributed by atoms with Gasteiger partial charge in [0.25, 0.3) is 5.69 Å². The Morgan fingerprint density at radius 3 is 2.60 bits per heavy atom. The molecule has 0 aliphatic heterocycles. The number of nitrogens with two attached hydrogens (primary N) is 1.